The molecule has 6 heterocycles. The van der Waals surface area contributed by atoms with Gasteiger partial charge in [-0.05, 0) is 54.2 Å². The van der Waals surface area contributed by atoms with Gasteiger partial charge in [0.1, 0.15) is 5.82 Å². The molecule has 4 saturated heterocycles. The molecular formula is C50H57FN10O6. The molecular weight excluding hydrogens is 856 g/mol. The maximum atomic E-state index is 15.1. The van der Waals surface area contributed by atoms with Crippen molar-refractivity contribution < 1.29 is 28.3 Å². The summed E-state index contributed by atoms with van der Waals surface area (Å²) in [6.45, 7) is 9.80. The Morgan fingerprint density at radius 3 is 2.09 bits per heavy atom. The van der Waals surface area contributed by atoms with Gasteiger partial charge in [-0.1, -0.05) is 54.6 Å². The van der Waals surface area contributed by atoms with Gasteiger partial charge in [0.05, 0.1) is 48.6 Å². The number of carbonyl (C=O) groups is 4. The topological polar surface area (TPSA) is 168 Å². The van der Waals surface area contributed by atoms with Crippen LogP contribution in [0.25, 0.3) is 21.9 Å². The van der Waals surface area contributed by atoms with Gasteiger partial charge >= 0.3 is 0 Å². The lowest BCUT2D eigenvalue weighted by Crippen LogP contribution is -2.55. The smallest absolute Gasteiger partial charge is 0.274 e. The van der Waals surface area contributed by atoms with E-state index in [9.17, 15) is 24.0 Å². The van der Waals surface area contributed by atoms with Gasteiger partial charge in [-0.15, -0.1) is 0 Å². The summed E-state index contributed by atoms with van der Waals surface area (Å²) in [6.07, 6.45) is 3.74. The molecule has 4 amide bonds. The van der Waals surface area contributed by atoms with Gasteiger partial charge in [-0.2, -0.15) is 5.10 Å². The Morgan fingerprint density at radius 2 is 1.34 bits per heavy atom. The molecule has 4 aliphatic rings. The molecule has 0 saturated carbocycles. The number of hydrogen-bond acceptors (Lipinski definition) is 11. The lowest BCUT2D eigenvalue weighted by Gasteiger charge is -2.40. The van der Waals surface area contributed by atoms with Crippen LogP contribution in [0.3, 0.4) is 0 Å². The highest BCUT2D eigenvalue weighted by Gasteiger charge is 2.31. The number of morpholine rings is 1. The minimum Gasteiger partial charge on any atom is -0.379 e. The van der Waals surface area contributed by atoms with Crippen LogP contribution in [-0.2, 0) is 20.7 Å². The van der Waals surface area contributed by atoms with Crippen LogP contribution in [0.5, 0.6) is 0 Å². The molecule has 9 rings (SSSR count). The second-order valence-electron chi connectivity index (χ2n) is 17.9. The molecule has 4 fully saturated rings. The number of amides is 4. The normalized spacial score (nSPS) is 18.0. The number of rotatable bonds is 12. The second-order valence-corrected chi connectivity index (χ2v) is 17.9. The summed E-state index contributed by atoms with van der Waals surface area (Å²) in [5, 5.41) is 11.0. The number of anilines is 1. The third-order valence-electron chi connectivity index (χ3n) is 13.5. The number of H-pyrrole nitrogens is 1. The molecule has 350 valence electrons. The Labute approximate surface area is 388 Å². The molecule has 67 heavy (non-hydrogen) atoms. The van der Waals surface area contributed by atoms with Gasteiger partial charge in [0.25, 0.3) is 17.4 Å². The third-order valence-corrected chi connectivity index (χ3v) is 13.5. The highest BCUT2D eigenvalue weighted by atomic mass is 19.1. The highest BCUT2D eigenvalue weighted by Crippen LogP contribution is 2.28. The van der Waals surface area contributed by atoms with E-state index in [0.717, 1.165) is 56.7 Å². The van der Waals surface area contributed by atoms with Crippen molar-refractivity contribution in [2.75, 3.05) is 117 Å². The number of pyridine rings is 1. The second kappa shape index (κ2) is 21.1. The minimum absolute atomic E-state index is 0.0235. The van der Waals surface area contributed by atoms with E-state index in [1.807, 2.05) is 58.3 Å². The third kappa shape index (κ3) is 11.1. The van der Waals surface area contributed by atoms with Crippen molar-refractivity contribution >= 4 is 40.1 Å². The fraction of sp³-hybridized carbons (Fsp3) is 0.420. The number of nitrogens with one attached hydrogen (secondary N) is 2. The molecule has 0 aliphatic carbocycles. The molecule has 3 aromatic carbocycles. The Kier molecular flexibility index (Phi) is 14.4. The van der Waals surface area contributed by atoms with Crippen molar-refractivity contribution in [1.29, 1.82) is 0 Å². The molecule has 0 unspecified atom stereocenters. The summed E-state index contributed by atoms with van der Waals surface area (Å²) in [7, 11) is 0. The number of benzene rings is 3. The van der Waals surface area contributed by atoms with Crippen molar-refractivity contribution in [2.45, 2.75) is 19.3 Å². The molecule has 0 bridgehead atoms. The first-order valence-electron chi connectivity index (χ1n) is 23.4. The number of nitrogens with zero attached hydrogens (tertiary/aromatic N) is 8. The molecule has 5 aromatic rings. The molecule has 0 atom stereocenters. The number of fused-ring (bicyclic) bond motifs is 1. The average Bonchev–Trinajstić information content (AvgIpc) is 3.36. The van der Waals surface area contributed by atoms with Gasteiger partial charge in [-0.25, -0.2) is 14.5 Å². The zero-order chi connectivity index (χ0) is 46.3. The predicted octanol–water partition coefficient (Wildman–Crippen LogP) is 3.44. The molecule has 0 radical (unpaired) electrons. The number of likely N-dealkylation sites (tertiary alicyclic amines) is 1. The minimum atomic E-state index is -0.609. The summed E-state index contributed by atoms with van der Waals surface area (Å²) < 4.78 is 20.5. The van der Waals surface area contributed by atoms with Crippen LogP contribution < -0.4 is 10.9 Å². The summed E-state index contributed by atoms with van der Waals surface area (Å²) in [5.74, 6) is -0.944. The quantitative estimate of drug-likeness (QED) is 0.188. The Morgan fingerprint density at radius 1 is 0.687 bits per heavy atom. The standard InChI is InChI=1S/C50H57FN10O6/c51-42-11-10-36(29-43-39-8-4-5-9-40(39)48(64)55-54-43)28-41(42)49(65)61-22-20-59(21-23-61)46(63)34-57-18-16-56(17-19-57)32-35-12-14-60(15-13-35)50(66)47-44(53-45(62)33-58-24-26-67-27-25-58)30-38(31-52-47)37-6-2-1-3-7-37/h1-11,28,30-31,35H,12-27,29,32-34H2,(H,53,62)(H,55,64). The van der Waals surface area contributed by atoms with Crippen LogP contribution in [0.2, 0.25) is 0 Å². The molecule has 4 aliphatic heterocycles. The largest absolute Gasteiger partial charge is 0.379 e. The average molecular weight is 913 g/mol. The summed E-state index contributed by atoms with van der Waals surface area (Å²) >= 11 is 0. The molecule has 2 N–H and O–H groups in total. The van der Waals surface area contributed by atoms with Crippen LogP contribution in [-0.4, -0.2) is 180 Å². The van der Waals surface area contributed by atoms with Crippen molar-refractivity contribution in [2.24, 2.45) is 5.92 Å². The van der Waals surface area contributed by atoms with Crippen LogP contribution >= 0.6 is 0 Å². The van der Waals surface area contributed by atoms with E-state index in [-0.39, 0.29) is 41.1 Å². The van der Waals surface area contributed by atoms with Crippen molar-refractivity contribution in [3.8, 4) is 11.1 Å². The first-order chi connectivity index (χ1) is 32.6. The van der Waals surface area contributed by atoms with Crippen LogP contribution in [0, 0.1) is 11.7 Å². The fourth-order valence-electron chi connectivity index (χ4n) is 9.60. The van der Waals surface area contributed by atoms with E-state index in [4.69, 9.17) is 4.74 Å². The number of aromatic nitrogens is 3. The molecule has 16 nitrogen and oxygen atoms in total. The lowest BCUT2D eigenvalue weighted by atomic mass is 9.95. The van der Waals surface area contributed by atoms with Crippen molar-refractivity contribution in [3.63, 3.8) is 0 Å². The molecule has 0 spiro atoms. The van der Waals surface area contributed by atoms with Gasteiger partial charge in [0, 0.05) is 109 Å². The van der Waals surface area contributed by atoms with Gasteiger partial charge in [0.15, 0.2) is 5.69 Å². The van der Waals surface area contributed by atoms with E-state index in [0.29, 0.717) is 112 Å². The zero-order valence-corrected chi connectivity index (χ0v) is 37.7. The zero-order valence-electron chi connectivity index (χ0n) is 37.7. The van der Waals surface area contributed by atoms with E-state index < -0.39 is 11.7 Å². The maximum Gasteiger partial charge on any atom is 0.274 e. The van der Waals surface area contributed by atoms with E-state index >= 15 is 4.39 Å². The number of carbonyl (C=O) groups excluding carboxylic acids is 4. The summed E-state index contributed by atoms with van der Waals surface area (Å²) in [4.78, 5) is 83.0. The number of halogens is 1. The van der Waals surface area contributed by atoms with Gasteiger partial charge < -0.3 is 29.7 Å². The Balaban J connectivity index is 0.715. The first kappa shape index (κ1) is 45.7. The number of ether oxygens (including phenoxy) is 1. The van der Waals surface area contributed by atoms with Gasteiger partial charge in [0.2, 0.25) is 11.8 Å². The monoisotopic (exact) mass is 912 g/mol. The number of piperidine rings is 1. The maximum absolute atomic E-state index is 15.1. The fourth-order valence-corrected chi connectivity index (χ4v) is 9.60. The number of piperazine rings is 2. The van der Waals surface area contributed by atoms with Crippen LogP contribution in [0.1, 0.15) is 44.9 Å². The van der Waals surface area contributed by atoms with Crippen LogP contribution in [0.15, 0.2) is 89.9 Å². The van der Waals surface area contributed by atoms with Gasteiger partial charge in [-0.3, -0.25) is 33.8 Å². The Hall–Kier alpha value is -6.40. The Bertz CT molecular complexity index is 2640. The van der Waals surface area contributed by atoms with E-state index in [1.165, 1.54) is 6.07 Å². The highest BCUT2D eigenvalue weighted by molar-refractivity contribution is 6.03. The summed E-state index contributed by atoms with van der Waals surface area (Å²) in [6, 6.07) is 23.3. The number of aromatic amines is 1. The number of hydrogen-bond donors (Lipinski definition) is 2. The van der Waals surface area contributed by atoms with Crippen molar-refractivity contribution in [1.82, 2.24) is 44.6 Å². The van der Waals surface area contributed by atoms with Crippen molar-refractivity contribution in [3.05, 3.63) is 124 Å². The van der Waals surface area contributed by atoms with E-state index in [2.05, 4.69) is 30.3 Å². The van der Waals surface area contributed by atoms with Crippen LogP contribution in [0.4, 0.5) is 10.1 Å². The van der Waals surface area contributed by atoms with E-state index in [1.54, 1.807) is 40.3 Å². The SMILES string of the molecule is O=C(CN1CCOCC1)Nc1cc(-c2ccccc2)cnc1C(=O)N1CCC(CN2CCN(CC(=O)N3CCN(C(=O)c4cc(Cc5n[nH]c(=O)c6ccccc56)ccc4F)CC3)CC2)CC1. The lowest BCUT2D eigenvalue weighted by molar-refractivity contribution is -0.134. The first-order valence-corrected chi connectivity index (χ1v) is 23.4. The molecule has 2 aromatic heterocycles. The summed E-state index contributed by atoms with van der Waals surface area (Å²) in [5.41, 5.74) is 3.44. The molecule has 17 heteroatoms. The predicted molar refractivity (Wildman–Crippen MR) is 251 cm³/mol.